The maximum absolute atomic E-state index is 12.4. The number of hydrazine groups is 1. The lowest BCUT2D eigenvalue weighted by molar-refractivity contribution is -0.0512. The molecule has 10 heteroatoms. The maximum Gasteiger partial charge on any atom is 0.387 e. The fraction of sp³-hybridized carbons (Fsp3) is 0.300. The summed E-state index contributed by atoms with van der Waals surface area (Å²) < 4.78 is 44.8. The lowest BCUT2D eigenvalue weighted by atomic mass is 10.2. The van der Waals surface area contributed by atoms with Gasteiger partial charge in [0.05, 0.1) is 20.8 Å². The van der Waals surface area contributed by atoms with Crippen molar-refractivity contribution in [2.24, 2.45) is 0 Å². The highest BCUT2D eigenvalue weighted by Crippen LogP contribution is 2.30. The van der Waals surface area contributed by atoms with Crippen LogP contribution in [0.2, 0.25) is 0 Å². The monoisotopic (exact) mass is 424 g/mol. The van der Waals surface area contributed by atoms with E-state index in [1.165, 1.54) is 44.6 Å². The van der Waals surface area contributed by atoms with E-state index in [-0.39, 0.29) is 22.6 Å². The number of ether oxygens (including phenoxy) is 4. The molecule has 0 saturated heterocycles. The maximum atomic E-state index is 12.4. The second kappa shape index (κ2) is 10.8. The number of amides is 2. The van der Waals surface area contributed by atoms with Crippen LogP contribution in [0.15, 0.2) is 36.4 Å². The summed E-state index contributed by atoms with van der Waals surface area (Å²) in [6.07, 6.45) is 0.817. The SMILES string of the molecule is CCCOc1ccc(C(=O)NNC(=O)c2ccc(OC(F)F)c(OC)c2)cc1OC. The van der Waals surface area contributed by atoms with E-state index in [4.69, 9.17) is 14.2 Å². The van der Waals surface area contributed by atoms with Crippen molar-refractivity contribution in [2.45, 2.75) is 20.0 Å². The Morgan fingerprint density at radius 2 is 1.37 bits per heavy atom. The first-order valence-electron chi connectivity index (χ1n) is 8.94. The number of nitrogens with one attached hydrogen (secondary N) is 2. The van der Waals surface area contributed by atoms with Gasteiger partial charge in [-0.05, 0) is 42.8 Å². The van der Waals surface area contributed by atoms with Gasteiger partial charge < -0.3 is 18.9 Å². The third-order valence-electron chi connectivity index (χ3n) is 3.82. The minimum absolute atomic E-state index is 0.0540. The van der Waals surface area contributed by atoms with Gasteiger partial charge in [0.25, 0.3) is 11.8 Å². The van der Waals surface area contributed by atoms with E-state index in [1.807, 2.05) is 6.92 Å². The van der Waals surface area contributed by atoms with Crippen LogP contribution in [0.5, 0.6) is 23.0 Å². The van der Waals surface area contributed by atoms with Crippen LogP contribution in [0.3, 0.4) is 0 Å². The molecular weight excluding hydrogens is 402 g/mol. The van der Waals surface area contributed by atoms with Crippen molar-refractivity contribution in [3.8, 4) is 23.0 Å². The summed E-state index contributed by atoms with van der Waals surface area (Å²) in [4.78, 5) is 24.6. The van der Waals surface area contributed by atoms with E-state index in [9.17, 15) is 18.4 Å². The summed E-state index contributed by atoms with van der Waals surface area (Å²) >= 11 is 0. The molecule has 162 valence electrons. The summed E-state index contributed by atoms with van der Waals surface area (Å²) in [5.74, 6) is -0.666. The molecule has 0 radical (unpaired) electrons. The Hall–Kier alpha value is -3.56. The highest BCUT2D eigenvalue weighted by Gasteiger charge is 2.16. The van der Waals surface area contributed by atoms with Crippen molar-refractivity contribution in [3.05, 3.63) is 47.5 Å². The number of halogens is 2. The fourth-order valence-electron chi connectivity index (χ4n) is 2.40. The lowest BCUT2D eigenvalue weighted by Gasteiger charge is -2.13. The summed E-state index contributed by atoms with van der Waals surface area (Å²) in [5, 5.41) is 0. The number of rotatable bonds is 9. The van der Waals surface area contributed by atoms with Crippen LogP contribution in [-0.4, -0.2) is 39.3 Å². The zero-order chi connectivity index (χ0) is 22.1. The molecule has 2 rings (SSSR count). The number of hydrogen-bond donors (Lipinski definition) is 2. The van der Waals surface area contributed by atoms with E-state index in [2.05, 4.69) is 15.6 Å². The Morgan fingerprint density at radius 1 is 0.867 bits per heavy atom. The van der Waals surface area contributed by atoms with Crippen molar-refractivity contribution >= 4 is 11.8 Å². The fourth-order valence-corrected chi connectivity index (χ4v) is 2.40. The minimum Gasteiger partial charge on any atom is -0.493 e. The van der Waals surface area contributed by atoms with Crippen LogP contribution in [0.4, 0.5) is 8.78 Å². The molecule has 2 aromatic carbocycles. The molecule has 0 unspecified atom stereocenters. The molecule has 8 nitrogen and oxygen atoms in total. The van der Waals surface area contributed by atoms with Gasteiger partial charge in [-0.1, -0.05) is 6.92 Å². The molecule has 2 N–H and O–H groups in total. The van der Waals surface area contributed by atoms with E-state index in [1.54, 1.807) is 6.07 Å². The predicted molar refractivity (Wildman–Crippen MR) is 103 cm³/mol. The molecule has 0 aromatic heterocycles. The van der Waals surface area contributed by atoms with E-state index in [0.29, 0.717) is 18.1 Å². The Labute approximate surface area is 172 Å². The first kappa shape index (κ1) is 22.7. The quantitative estimate of drug-likeness (QED) is 0.601. The molecule has 0 atom stereocenters. The molecule has 0 bridgehead atoms. The first-order chi connectivity index (χ1) is 14.4. The third kappa shape index (κ3) is 5.97. The average molecular weight is 424 g/mol. The van der Waals surface area contributed by atoms with E-state index in [0.717, 1.165) is 6.42 Å². The zero-order valence-corrected chi connectivity index (χ0v) is 16.7. The van der Waals surface area contributed by atoms with Crippen molar-refractivity contribution in [1.82, 2.24) is 10.9 Å². The Bertz CT molecular complexity index is 892. The van der Waals surface area contributed by atoms with E-state index < -0.39 is 18.4 Å². The molecule has 0 aliphatic heterocycles. The smallest absolute Gasteiger partial charge is 0.387 e. The van der Waals surface area contributed by atoms with Crippen LogP contribution in [0.1, 0.15) is 34.1 Å². The molecular formula is C20H22F2N2O6. The van der Waals surface area contributed by atoms with Gasteiger partial charge in [-0.15, -0.1) is 0 Å². The molecule has 0 heterocycles. The topological polar surface area (TPSA) is 95.1 Å². The van der Waals surface area contributed by atoms with E-state index >= 15 is 0 Å². The van der Waals surface area contributed by atoms with Crippen LogP contribution < -0.4 is 29.8 Å². The standard InChI is InChI=1S/C20H22F2N2O6/c1-4-9-29-14-7-5-12(10-16(14)27-2)18(25)23-24-19(26)13-6-8-15(30-20(21)22)17(11-13)28-3/h5-8,10-11,20H,4,9H2,1-3H3,(H,23,25)(H,24,26). The summed E-state index contributed by atoms with van der Waals surface area (Å²) in [6.45, 7) is -0.567. The van der Waals surface area contributed by atoms with Crippen LogP contribution >= 0.6 is 0 Å². The normalized spacial score (nSPS) is 10.3. The Balaban J connectivity index is 2.04. The number of carbonyl (C=O) groups excluding carboxylic acids is 2. The van der Waals surface area contributed by atoms with Gasteiger partial charge in [0, 0.05) is 11.1 Å². The lowest BCUT2D eigenvalue weighted by Crippen LogP contribution is -2.41. The van der Waals surface area contributed by atoms with Gasteiger partial charge >= 0.3 is 6.61 Å². The highest BCUT2D eigenvalue weighted by atomic mass is 19.3. The third-order valence-corrected chi connectivity index (χ3v) is 3.82. The van der Waals surface area contributed by atoms with Crippen LogP contribution in [0, 0.1) is 0 Å². The van der Waals surface area contributed by atoms with Crippen molar-refractivity contribution < 1.29 is 37.3 Å². The van der Waals surface area contributed by atoms with Crippen LogP contribution in [0.25, 0.3) is 0 Å². The van der Waals surface area contributed by atoms with Gasteiger partial charge in [-0.2, -0.15) is 8.78 Å². The number of alkyl halides is 2. The first-order valence-corrected chi connectivity index (χ1v) is 8.94. The van der Waals surface area contributed by atoms with Crippen molar-refractivity contribution in [1.29, 1.82) is 0 Å². The molecule has 2 aromatic rings. The van der Waals surface area contributed by atoms with Gasteiger partial charge in [0.15, 0.2) is 23.0 Å². The minimum atomic E-state index is -3.03. The van der Waals surface area contributed by atoms with Crippen molar-refractivity contribution in [2.75, 3.05) is 20.8 Å². The molecule has 0 aliphatic carbocycles. The van der Waals surface area contributed by atoms with Gasteiger partial charge in [-0.25, -0.2) is 0 Å². The molecule has 30 heavy (non-hydrogen) atoms. The zero-order valence-electron chi connectivity index (χ0n) is 16.7. The summed E-state index contributed by atoms with van der Waals surface area (Å²) in [6, 6.07) is 8.23. The summed E-state index contributed by atoms with van der Waals surface area (Å²) in [7, 11) is 2.70. The van der Waals surface area contributed by atoms with Crippen LogP contribution in [-0.2, 0) is 0 Å². The van der Waals surface area contributed by atoms with Gasteiger partial charge in [0.2, 0.25) is 0 Å². The number of methoxy groups -OCH3 is 2. The summed E-state index contributed by atoms with van der Waals surface area (Å²) in [5.41, 5.74) is 4.80. The largest absolute Gasteiger partial charge is 0.493 e. The predicted octanol–water partition coefficient (Wildman–Crippen LogP) is 3.17. The molecule has 0 saturated carbocycles. The molecule has 0 spiro atoms. The number of benzene rings is 2. The molecule has 0 aliphatic rings. The Kier molecular flexibility index (Phi) is 8.21. The number of carbonyl (C=O) groups is 2. The van der Waals surface area contributed by atoms with Gasteiger partial charge in [0.1, 0.15) is 0 Å². The van der Waals surface area contributed by atoms with Gasteiger partial charge in [-0.3, -0.25) is 20.4 Å². The number of hydrogen-bond acceptors (Lipinski definition) is 6. The Morgan fingerprint density at radius 3 is 1.83 bits per heavy atom. The van der Waals surface area contributed by atoms with Crippen molar-refractivity contribution in [3.63, 3.8) is 0 Å². The average Bonchev–Trinajstić information content (AvgIpc) is 2.75. The second-order valence-electron chi connectivity index (χ2n) is 5.87. The highest BCUT2D eigenvalue weighted by molar-refractivity contribution is 5.99. The second-order valence-corrected chi connectivity index (χ2v) is 5.87. The molecule has 0 fully saturated rings. The molecule has 2 amide bonds.